The van der Waals surface area contributed by atoms with Crippen molar-refractivity contribution in [2.24, 2.45) is 0 Å². The number of hydrogen-bond donors (Lipinski definition) is 0. The summed E-state index contributed by atoms with van der Waals surface area (Å²) in [5.74, 6) is 0.241. The smallest absolute Gasteiger partial charge is 0.390 e. The summed E-state index contributed by atoms with van der Waals surface area (Å²) in [4.78, 5) is 13.1. The average Bonchev–Trinajstić information content (AvgIpc) is 2.86. The molecule has 0 bridgehead atoms. The van der Waals surface area contributed by atoms with Gasteiger partial charge in [0.2, 0.25) is 5.91 Å². The van der Waals surface area contributed by atoms with Gasteiger partial charge in [-0.25, -0.2) is 0 Å². The quantitative estimate of drug-likeness (QED) is 0.849. The van der Waals surface area contributed by atoms with Crippen molar-refractivity contribution in [2.45, 2.75) is 19.0 Å². The van der Waals surface area contributed by atoms with Crippen molar-refractivity contribution >= 4 is 16.9 Å². The Kier molecular flexibility index (Phi) is 4.63. The van der Waals surface area contributed by atoms with E-state index in [1.54, 1.807) is 18.2 Å². The lowest BCUT2D eigenvalue weighted by Gasteiger charge is -2.17. The number of rotatable bonds is 5. The molecule has 0 atom stereocenters. The first-order valence-corrected chi connectivity index (χ1v) is 6.65. The normalized spacial score (nSPS) is 11.7. The highest BCUT2D eigenvalue weighted by atomic mass is 19.4. The second-order valence-corrected chi connectivity index (χ2v) is 4.98. The van der Waals surface area contributed by atoms with Crippen LogP contribution < -0.4 is 4.74 Å². The number of fused-ring (bicyclic) bond motifs is 1. The van der Waals surface area contributed by atoms with Crippen LogP contribution in [0.5, 0.6) is 5.75 Å². The maximum atomic E-state index is 12.2. The minimum atomic E-state index is -4.27. The van der Waals surface area contributed by atoms with E-state index in [0.29, 0.717) is 16.9 Å². The van der Waals surface area contributed by atoms with Gasteiger partial charge >= 0.3 is 6.18 Å². The predicted octanol–water partition coefficient (Wildman–Crippen LogP) is 3.39. The molecule has 0 fully saturated rings. The number of amides is 1. The monoisotopic (exact) mass is 315 g/mol. The van der Waals surface area contributed by atoms with E-state index in [1.165, 1.54) is 20.4 Å². The SMILES string of the molecule is COc1ccc2c(CC(=O)N(C)CCC(F)(F)F)coc2c1. The number of benzene rings is 1. The summed E-state index contributed by atoms with van der Waals surface area (Å²) in [6.07, 6.45) is -3.85. The Morgan fingerprint density at radius 3 is 2.73 bits per heavy atom. The molecule has 22 heavy (non-hydrogen) atoms. The standard InChI is InChI=1S/C15H16F3NO3/c1-19(6-5-15(16,17)18)14(20)7-10-9-22-13-8-11(21-2)3-4-12(10)13/h3-4,8-9H,5-7H2,1-2H3. The van der Waals surface area contributed by atoms with E-state index in [0.717, 1.165) is 10.3 Å². The lowest BCUT2D eigenvalue weighted by atomic mass is 10.1. The number of furan rings is 1. The molecule has 1 aromatic carbocycles. The molecule has 1 heterocycles. The van der Waals surface area contributed by atoms with Crippen LogP contribution in [-0.4, -0.2) is 37.7 Å². The third kappa shape index (κ3) is 3.93. The number of alkyl halides is 3. The van der Waals surface area contributed by atoms with Gasteiger partial charge in [0.1, 0.15) is 11.3 Å². The Balaban J connectivity index is 2.05. The maximum Gasteiger partial charge on any atom is 0.390 e. The number of hydrogen-bond acceptors (Lipinski definition) is 3. The largest absolute Gasteiger partial charge is 0.497 e. The van der Waals surface area contributed by atoms with Crippen LogP contribution in [0, 0.1) is 0 Å². The van der Waals surface area contributed by atoms with Crippen LogP contribution in [0.2, 0.25) is 0 Å². The van der Waals surface area contributed by atoms with E-state index < -0.39 is 12.6 Å². The van der Waals surface area contributed by atoms with Crippen LogP contribution in [0.1, 0.15) is 12.0 Å². The highest BCUT2D eigenvalue weighted by Gasteiger charge is 2.28. The van der Waals surface area contributed by atoms with Gasteiger partial charge < -0.3 is 14.1 Å². The van der Waals surface area contributed by atoms with Crippen molar-refractivity contribution in [2.75, 3.05) is 20.7 Å². The molecule has 0 unspecified atom stereocenters. The molecule has 1 amide bonds. The van der Waals surface area contributed by atoms with Crippen molar-refractivity contribution in [1.29, 1.82) is 0 Å². The molecule has 0 aliphatic carbocycles. The van der Waals surface area contributed by atoms with E-state index in [2.05, 4.69) is 0 Å². The predicted molar refractivity (Wildman–Crippen MR) is 74.8 cm³/mol. The third-order valence-electron chi connectivity index (χ3n) is 3.36. The Hall–Kier alpha value is -2.18. The van der Waals surface area contributed by atoms with Gasteiger partial charge in [-0.2, -0.15) is 13.2 Å². The molecule has 4 nitrogen and oxygen atoms in total. The molecule has 0 spiro atoms. The second kappa shape index (κ2) is 6.29. The molecule has 0 saturated heterocycles. The fourth-order valence-electron chi connectivity index (χ4n) is 2.04. The van der Waals surface area contributed by atoms with Crippen LogP contribution in [0.15, 0.2) is 28.9 Å². The Labute approximate surface area is 125 Å². The van der Waals surface area contributed by atoms with Crippen LogP contribution in [0.3, 0.4) is 0 Å². The van der Waals surface area contributed by atoms with E-state index in [4.69, 9.17) is 9.15 Å². The van der Waals surface area contributed by atoms with Gasteiger partial charge in [-0.3, -0.25) is 4.79 Å². The Morgan fingerprint density at radius 1 is 1.36 bits per heavy atom. The van der Waals surface area contributed by atoms with E-state index in [9.17, 15) is 18.0 Å². The summed E-state index contributed by atoms with van der Waals surface area (Å²) in [6, 6.07) is 5.19. The zero-order chi connectivity index (χ0) is 16.3. The summed E-state index contributed by atoms with van der Waals surface area (Å²) in [7, 11) is 2.89. The van der Waals surface area contributed by atoms with Crippen LogP contribution in [0.4, 0.5) is 13.2 Å². The van der Waals surface area contributed by atoms with E-state index >= 15 is 0 Å². The van der Waals surface area contributed by atoms with E-state index in [1.807, 2.05) is 0 Å². The Bertz CT molecular complexity index is 664. The molecule has 0 radical (unpaired) electrons. The number of likely N-dealkylation sites (N-methyl/N-ethyl adjacent to an activating group) is 1. The number of halogens is 3. The number of nitrogens with zero attached hydrogens (tertiary/aromatic N) is 1. The molecule has 1 aromatic heterocycles. The molecule has 0 N–H and O–H groups in total. The number of carbonyl (C=O) groups is 1. The molecule has 0 aliphatic rings. The minimum absolute atomic E-state index is 0.00626. The average molecular weight is 315 g/mol. The van der Waals surface area contributed by atoms with Gasteiger partial charge in [0, 0.05) is 30.6 Å². The summed E-state index contributed by atoms with van der Waals surface area (Å²) in [5.41, 5.74) is 1.21. The molecular weight excluding hydrogens is 299 g/mol. The molecule has 2 rings (SSSR count). The van der Waals surface area contributed by atoms with Gasteiger partial charge in [0.05, 0.1) is 26.2 Å². The zero-order valence-corrected chi connectivity index (χ0v) is 12.2. The van der Waals surface area contributed by atoms with Crippen molar-refractivity contribution in [3.63, 3.8) is 0 Å². The van der Waals surface area contributed by atoms with Gasteiger partial charge in [0.15, 0.2) is 0 Å². The van der Waals surface area contributed by atoms with Gasteiger partial charge in [-0.1, -0.05) is 0 Å². The van der Waals surface area contributed by atoms with Crippen LogP contribution in [0.25, 0.3) is 11.0 Å². The third-order valence-corrected chi connectivity index (χ3v) is 3.36. The highest BCUT2D eigenvalue weighted by Crippen LogP contribution is 2.26. The zero-order valence-electron chi connectivity index (χ0n) is 12.2. The number of carbonyl (C=O) groups excluding carboxylic acids is 1. The maximum absolute atomic E-state index is 12.2. The van der Waals surface area contributed by atoms with Gasteiger partial charge in [0.25, 0.3) is 0 Å². The number of ether oxygens (including phenoxy) is 1. The molecular formula is C15H16F3NO3. The lowest BCUT2D eigenvalue weighted by molar-refractivity contribution is -0.143. The first-order chi connectivity index (χ1) is 10.3. The highest BCUT2D eigenvalue weighted by molar-refractivity contribution is 5.88. The van der Waals surface area contributed by atoms with Gasteiger partial charge in [-0.05, 0) is 12.1 Å². The number of methoxy groups -OCH3 is 1. The summed E-state index contributed by atoms with van der Waals surface area (Å²) in [5, 5.41) is 0.748. The summed E-state index contributed by atoms with van der Waals surface area (Å²) in [6.45, 7) is -0.355. The second-order valence-electron chi connectivity index (χ2n) is 4.98. The molecule has 7 heteroatoms. The van der Waals surface area contributed by atoms with Crippen LogP contribution >= 0.6 is 0 Å². The van der Waals surface area contributed by atoms with Crippen molar-refractivity contribution in [1.82, 2.24) is 4.90 Å². The minimum Gasteiger partial charge on any atom is -0.497 e. The molecule has 120 valence electrons. The fourth-order valence-corrected chi connectivity index (χ4v) is 2.04. The fraction of sp³-hybridized carbons (Fsp3) is 0.400. The first-order valence-electron chi connectivity index (χ1n) is 6.65. The van der Waals surface area contributed by atoms with Crippen molar-refractivity contribution in [3.05, 3.63) is 30.0 Å². The molecule has 0 aliphatic heterocycles. The van der Waals surface area contributed by atoms with Crippen LogP contribution in [-0.2, 0) is 11.2 Å². The summed E-state index contributed by atoms with van der Waals surface area (Å²) < 4.78 is 46.9. The van der Waals surface area contributed by atoms with E-state index in [-0.39, 0.29) is 18.9 Å². The lowest BCUT2D eigenvalue weighted by Crippen LogP contribution is -2.31. The first kappa shape index (κ1) is 16.2. The topological polar surface area (TPSA) is 42.7 Å². The van der Waals surface area contributed by atoms with Gasteiger partial charge in [-0.15, -0.1) is 0 Å². The molecule has 0 saturated carbocycles. The Morgan fingerprint density at radius 2 is 2.09 bits per heavy atom. The summed E-state index contributed by atoms with van der Waals surface area (Å²) >= 11 is 0. The van der Waals surface area contributed by atoms with Crippen molar-refractivity contribution in [3.8, 4) is 5.75 Å². The molecule has 2 aromatic rings. The van der Waals surface area contributed by atoms with Crippen molar-refractivity contribution < 1.29 is 27.1 Å².